The van der Waals surface area contributed by atoms with Crippen LogP contribution in [0.1, 0.15) is 0 Å². The van der Waals surface area contributed by atoms with Crippen LogP contribution in [0.25, 0.3) is 22.3 Å². The topological polar surface area (TPSA) is 27.7 Å². The minimum Gasteiger partial charge on any atom is -0.490 e. The number of hydrogen-bond acceptors (Lipinski definition) is 3. The minimum atomic E-state index is 0.273. The quantitative estimate of drug-likeness (QED) is 0.428. The van der Waals surface area contributed by atoms with Gasteiger partial charge in [0.2, 0.25) is 0 Å². The van der Waals surface area contributed by atoms with Crippen molar-refractivity contribution in [2.24, 2.45) is 0 Å². The summed E-state index contributed by atoms with van der Waals surface area (Å²) in [4.78, 5) is 0. The summed E-state index contributed by atoms with van der Waals surface area (Å²) in [6, 6.07) is 26.8. The Balaban J connectivity index is 1.95. The van der Waals surface area contributed by atoms with Gasteiger partial charge in [-0.3, -0.25) is 0 Å². The van der Waals surface area contributed by atoms with Crippen LogP contribution in [0, 0.1) is 0 Å². The summed E-state index contributed by atoms with van der Waals surface area (Å²) in [6.45, 7) is 1.22. The van der Waals surface area contributed by atoms with Crippen LogP contribution in [0.4, 0.5) is 0 Å². The molecule has 0 fully saturated rings. The Morgan fingerprint density at radius 3 is 1.72 bits per heavy atom. The third kappa shape index (κ3) is 4.47. The van der Waals surface area contributed by atoms with Gasteiger partial charge in [0.15, 0.2) is 0 Å². The van der Waals surface area contributed by atoms with E-state index in [1.165, 1.54) is 0 Å². The zero-order chi connectivity index (χ0) is 17.3. The first-order valence-electron chi connectivity index (χ1n) is 8.33. The van der Waals surface area contributed by atoms with Crippen molar-refractivity contribution < 1.29 is 14.2 Å². The Labute approximate surface area is 148 Å². The van der Waals surface area contributed by atoms with E-state index in [1.807, 2.05) is 36.4 Å². The van der Waals surface area contributed by atoms with Crippen LogP contribution in [-0.2, 0) is 9.47 Å². The zero-order valence-corrected chi connectivity index (χ0v) is 14.4. The molecule has 3 rings (SSSR count). The summed E-state index contributed by atoms with van der Waals surface area (Å²) in [5, 5.41) is 0. The standard InChI is InChI=1S/C22H22O3/c1-23-17-24-15-16-25-22-20(18-9-4-2-5-10-18)13-8-14-21(22)19-11-6-3-7-12-19/h2-14H,15-17H2,1H3. The molecule has 0 N–H and O–H groups in total. The second-order valence-electron chi connectivity index (χ2n) is 5.58. The maximum absolute atomic E-state index is 6.14. The molecule has 3 heteroatoms. The van der Waals surface area contributed by atoms with Crippen LogP contribution < -0.4 is 4.74 Å². The van der Waals surface area contributed by atoms with Crippen molar-refractivity contribution in [3.05, 3.63) is 78.9 Å². The molecule has 0 aliphatic heterocycles. The second-order valence-corrected chi connectivity index (χ2v) is 5.58. The smallest absolute Gasteiger partial charge is 0.146 e. The lowest BCUT2D eigenvalue weighted by molar-refractivity contribution is -0.0386. The Kier molecular flexibility index (Phi) is 6.21. The van der Waals surface area contributed by atoms with Crippen molar-refractivity contribution in [1.82, 2.24) is 0 Å². The van der Waals surface area contributed by atoms with Crippen molar-refractivity contribution in [3.8, 4) is 28.0 Å². The fourth-order valence-corrected chi connectivity index (χ4v) is 2.73. The summed E-state index contributed by atoms with van der Waals surface area (Å²) >= 11 is 0. The first kappa shape index (κ1) is 17.2. The van der Waals surface area contributed by atoms with Crippen molar-refractivity contribution in [2.45, 2.75) is 0 Å². The minimum absolute atomic E-state index is 0.273. The lowest BCUT2D eigenvalue weighted by Crippen LogP contribution is -2.09. The maximum Gasteiger partial charge on any atom is 0.146 e. The number of para-hydroxylation sites is 1. The Bertz CT molecular complexity index is 712. The third-order valence-electron chi connectivity index (χ3n) is 3.86. The van der Waals surface area contributed by atoms with Gasteiger partial charge in [-0.15, -0.1) is 0 Å². The van der Waals surface area contributed by atoms with Gasteiger partial charge in [0, 0.05) is 18.2 Å². The van der Waals surface area contributed by atoms with E-state index in [0.717, 1.165) is 28.0 Å². The van der Waals surface area contributed by atoms with E-state index in [4.69, 9.17) is 14.2 Å². The number of ether oxygens (including phenoxy) is 3. The first-order chi connectivity index (χ1) is 12.4. The molecule has 0 atom stereocenters. The molecule has 0 heterocycles. The maximum atomic E-state index is 6.14. The van der Waals surface area contributed by atoms with E-state index in [1.54, 1.807) is 7.11 Å². The Hall–Kier alpha value is -2.62. The predicted octanol–water partition coefficient (Wildman–Crippen LogP) is 5.02. The highest BCUT2D eigenvalue weighted by Gasteiger charge is 2.13. The second kappa shape index (κ2) is 9.02. The largest absolute Gasteiger partial charge is 0.490 e. The summed E-state index contributed by atoms with van der Waals surface area (Å²) in [7, 11) is 1.61. The molecule has 0 unspecified atom stereocenters. The summed E-state index contributed by atoms with van der Waals surface area (Å²) < 4.78 is 16.4. The SMILES string of the molecule is COCOCCOc1c(-c2ccccc2)cccc1-c1ccccc1. The highest BCUT2D eigenvalue weighted by Crippen LogP contribution is 2.38. The van der Waals surface area contributed by atoms with Crippen LogP contribution >= 0.6 is 0 Å². The molecule has 0 bridgehead atoms. The molecule has 0 aromatic heterocycles. The van der Waals surface area contributed by atoms with E-state index < -0.39 is 0 Å². The molecular formula is C22H22O3. The summed E-state index contributed by atoms with van der Waals surface area (Å²) in [6.07, 6.45) is 0. The van der Waals surface area contributed by atoms with Gasteiger partial charge < -0.3 is 14.2 Å². The van der Waals surface area contributed by atoms with Crippen LogP contribution in [0.2, 0.25) is 0 Å². The average Bonchev–Trinajstić information content (AvgIpc) is 2.69. The molecule has 3 nitrogen and oxygen atoms in total. The van der Waals surface area contributed by atoms with E-state index in [-0.39, 0.29) is 6.79 Å². The molecule has 0 saturated heterocycles. The van der Waals surface area contributed by atoms with Gasteiger partial charge >= 0.3 is 0 Å². The molecule has 128 valence electrons. The molecular weight excluding hydrogens is 312 g/mol. The molecule has 0 aliphatic rings. The number of methoxy groups -OCH3 is 1. The van der Waals surface area contributed by atoms with Crippen LogP contribution in [-0.4, -0.2) is 27.1 Å². The van der Waals surface area contributed by atoms with E-state index >= 15 is 0 Å². The van der Waals surface area contributed by atoms with Crippen LogP contribution in [0.15, 0.2) is 78.9 Å². The molecule has 0 radical (unpaired) electrons. The van der Waals surface area contributed by atoms with Crippen molar-refractivity contribution >= 4 is 0 Å². The van der Waals surface area contributed by atoms with Crippen LogP contribution in [0.3, 0.4) is 0 Å². The number of hydrogen-bond donors (Lipinski definition) is 0. The summed E-state index contributed by atoms with van der Waals surface area (Å²) in [5.41, 5.74) is 4.42. The van der Waals surface area contributed by atoms with Crippen molar-refractivity contribution in [3.63, 3.8) is 0 Å². The molecule has 3 aromatic carbocycles. The molecule has 0 spiro atoms. The lowest BCUT2D eigenvalue weighted by Gasteiger charge is -2.16. The van der Waals surface area contributed by atoms with Gasteiger partial charge in [-0.05, 0) is 11.1 Å². The van der Waals surface area contributed by atoms with E-state index in [9.17, 15) is 0 Å². The van der Waals surface area contributed by atoms with Crippen LogP contribution in [0.5, 0.6) is 5.75 Å². The predicted molar refractivity (Wildman–Crippen MR) is 101 cm³/mol. The highest BCUT2D eigenvalue weighted by atomic mass is 16.7. The van der Waals surface area contributed by atoms with Crippen molar-refractivity contribution in [2.75, 3.05) is 27.1 Å². The Morgan fingerprint density at radius 2 is 1.20 bits per heavy atom. The number of rotatable bonds is 8. The molecule has 0 aliphatic carbocycles. The van der Waals surface area contributed by atoms with Gasteiger partial charge in [0.1, 0.15) is 19.1 Å². The fourth-order valence-electron chi connectivity index (χ4n) is 2.73. The van der Waals surface area contributed by atoms with Crippen molar-refractivity contribution in [1.29, 1.82) is 0 Å². The fraction of sp³-hybridized carbons (Fsp3) is 0.182. The molecule has 25 heavy (non-hydrogen) atoms. The molecule has 0 saturated carbocycles. The highest BCUT2D eigenvalue weighted by molar-refractivity contribution is 5.82. The molecule has 0 amide bonds. The zero-order valence-electron chi connectivity index (χ0n) is 14.4. The summed E-state index contributed by atoms with van der Waals surface area (Å²) in [5.74, 6) is 0.876. The number of benzene rings is 3. The Morgan fingerprint density at radius 1 is 0.640 bits per heavy atom. The van der Waals surface area contributed by atoms with E-state index in [0.29, 0.717) is 13.2 Å². The van der Waals surface area contributed by atoms with Gasteiger partial charge in [-0.1, -0.05) is 78.9 Å². The lowest BCUT2D eigenvalue weighted by atomic mass is 9.97. The monoisotopic (exact) mass is 334 g/mol. The van der Waals surface area contributed by atoms with Gasteiger partial charge in [0.25, 0.3) is 0 Å². The van der Waals surface area contributed by atoms with Gasteiger partial charge in [-0.25, -0.2) is 0 Å². The van der Waals surface area contributed by atoms with Gasteiger partial charge in [0.05, 0.1) is 6.61 Å². The first-order valence-corrected chi connectivity index (χ1v) is 8.33. The average molecular weight is 334 g/mol. The molecule has 3 aromatic rings. The van der Waals surface area contributed by atoms with Gasteiger partial charge in [-0.2, -0.15) is 0 Å². The normalized spacial score (nSPS) is 10.6. The van der Waals surface area contributed by atoms with E-state index in [2.05, 4.69) is 42.5 Å². The third-order valence-corrected chi connectivity index (χ3v) is 3.86.